The fourth-order valence-corrected chi connectivity index (χ4v) is 6.57. The molecule has 0 rings (SSSR count). The second-order valence-electron chi connectivity index (χ2n) is 16.4. The molecular formula is C56H92O6. The number of ether oxygens (including phenoxy) is 3. The van der Waals surface area contributed by atoms with Gasteiger partial charge in [-0.1, -0.05) is 201 Å². The van der Waals surface area contributed by atoms with Crippen molar-refractivity contribution < 1.29 is 28.6 Å². The van der Waals surface area contributed by atoms with Crippen LogP contribution in [-0.4, -0.2) is 37.2 Å². The molecule has 0 aromatic carbocycles. The number of hydrogen-bond donors (Lipinski definition) is 0. The van der Waals surface area contributed by atoms with Gasteiger partial charge in [0.05, 0.1) is 0 Å². The Labute approximate surface area is 381 Å². The predicted octanol–water partition coefficient (Wildman–Crippen LogP) is 16.6. The summed E-state index contributed by atoms with van der Waals surface area (Å²) in [5.74, 6) is -1.00. The van der Waals surface area contributed by atoms with Gasteiger partial charge in [0, 0.05) is 19.3 Å². The van der Waals surface area contributed by atoms with Crippen LogP contribution < -0.4 is 0 Å². The standard InChI is InChI=1S/C56H92O6/c1-4-7-10-13-16-19-22-24-26-27-28-30-31-34-37-40-43-46-49-55(58)61-52-53(51-60-54(57)48-45-42-39-36-33-21-18-15-12-9-6-3)62-56(59)50-47-44-41-38-35-32-29-25-23-20-17-14-11-8-5-2/h9,12,17-18,20-28,30,36,39,53H,4-8,10-11,13-16,19,29,31-35,37-38,40-52H2,1-3H3/b12-9-,20-17-,21-18-,24-22-,25-23-,27-26-,30-28-,39-36-. The molecular weight excluding hydrogens is 769 g/mol. The van der Waals surface area contributed by atoms with Gasteiger partial charge in [0.2, 0.25) is 0 Å². The zero-order valence-electron chi connectivity index (χ0n) is 40.1. The molecule has 0 fully saturated rings. The van der Waals surface area contributed by atoms with Crippen LogP contribution in [0.4, 0.5) is 0 Å². The van der Waals surface area contributed by atoms with E-state index in [-0.39, 0.29) is 37.5 Å². The Morgan fingerprint density at radius 1 is 0.355 bits per heavy atom. The highest BCUT2D eigenvalue weighted by Gasteiger charge is 2.19. The lowest BCUT2D eigenvalue weighted by Gasteiger charge is -2.18. The normalized spacial score (nSPS) is 12.9. The van der Waals surface area contributed by atoms with E-state index in [9.17, 15) is 14.4 Å². The number of hydrogen-bond acceptors (Lipinski definition) is 6. The van der Waals surface area contributed by atoms with Gasteiger partial charge in [0.15, 0.2) is 6.10 Å². The first kappa shape index (κ1) is 58.3. The van der Waals surface area contributed by atoms with Gasteiger partial charge in [0.25, 0.3) is 0 Å². The van der Waals surface area contributed by atoms with Crippen molar-refractivity contribution in [3.8, 4) is 0 Å². The second kappa shape index (κ2) is 50.0. The summed E-state index contributed by atoms with van der Waals surface area (Å²) in [4.78, 5) is 37.9. The van der Waals surface area contributed by atoms with Crippen molar-refractivity contribution in [2.45, 2.75) is 226 Å². The van der Waals surface area contributed by atoms with Gasteiger partial charge in [-0.25, -0.2) is 0 Å². The zero-order valence-corrected chi connectivity index (χ0v) is 40.1. The molecule has 0 aromatic rings. The summed E-state index contributed by atoms with van der Waals surface area (Å²) in [6.07, 6.45) is 65.4. The average molecular weight is 861 g/mol. The lowest BCUT2D eigenvalue weighted by molar-refractivity contribution is -0.167. The Balaban J connectivity index is 4.48. The van der Waals surface area contributed by atoms with Crippen molar-refractivity contribution in [2.24, 2.45) is 0 Å². The molecule has 0 bridgehead atoms. The van der Waals surface area contributed by atoms with E-state index >= 15 is 0 Å². The first-order valence-corrected chi connectivity index (χ1v) is 25.3. The molecule has 1 atom stereocenters. The van der Waals surface area contributed by atoms with Crippen LogP contribution in [-0.2, 0) is 28.6 Å². The van der Waals surface area contributed by atoms with E-state index in [2.05, 4.69) is 118 Å². The van der Waals surface area contributed by atoms with Gasteiger partial charge >= 0.3 is 17.9 Å². The van der Waals surface area contributed by atoms with E-state index in [1.54, 1.807) is 0 Å². The fourth-order valence-electron chi connectivity index (χ4n) is 6.57. The monoisotopic (exact) mass is 861 g/mol. The molecule has 6 heteroatoms. The van der Waals surface area contributed by atoms with Crippen LogP contribution in [0.3, 0.4) is 0 Å². The molecule has 0 aromatic heterocycles. The smallest absolute Gasteiger partial charge is 0.306 e. The largest absolute Gasteiger partial charge is 0.462 e. The molecule has 0 N–H and O–H groups in total. The lowest BCUT2D eigenvalue weighted by Crippen LogP contribution is -2.30. The fraction of sp³-hybridized carbons (Fsp3) is 0.661. The van der Waals surface area contributed by atoms with Gasteiger partial charge in [-0.2, -0.15) is 0 Å². The topological polar surface area (TPSA) is 78.9 Å². The van der Waals surface area contributed by atoms with Gasteiger partial charge in [0.1, 0.15) is 13.2 Å². The average Bonchev–Trinajstić information content (AvgIpc) is 3.27. The molecule has 0 aliphatic heterocycles. The summed E-state index contributed by atoms with van der Waals surface area (Å²) in [6, 6.07) is 0. The van der Waals surface area contributed by atoms with Gasteiger partial charge in [-0.05, 0) is 96.3 Å². The Hall–Kier alpha value is -3.67. The number of rotatable bonds is 44. The van der Waals surface area contributed by atoms with Crippen molar-refractivity contribution >= 4 is 17.9 Å². The summed E-state index contributed by atoms with van der Waals surface area (Å²) < 4.78 is 16.7. The Kier molecular flexibility index (Phi) is 47.0. The van der Waals surface area contributed by atoms with Gasteiger partial charge < -0.3 is 14.2 Å². The van der Waals surface area contributed by atoms with E-state index in [1.165, 1.54) is 70.6 Å². The van der Waals surface area contributed by atoms with Crippen LogP contribution in [0.1, 0.15) is 220 Å². The van der Waals surface area contributed by atoms with E-state index in [4.69, 9.17) is 14.2 Å². The molecule has 0 spiro atoms. The summed E-state index contributed by atoms with van der Waals surface area (Å²) >= 11 is 0. The number of unbranched alkanes of at least 4 members (excludes halogenated alkanes) is 20. The van der Waals surface area contributed by atoms with E-state index < -0.39 is 6.10 Å². The van der Waals surface area contributed by atoms with Crippen molar-refractivity contribution in [1.82, 2.24) is 0 Å². The van der Waals surface area contributed by atoms with Crippen LogP contribution in [0, 0.1) is 0 Å². The Bertz CT molecular complexity index is 1260. The number of esters is 3. The van der Waals surface area contributed by atoms with Crippen molar-refractivity contribution in [3.63, 3.8) is 0 Å². The minimum Gasteiger partial charge on any atom is -0.462 e. The van der Waals surface area contributed by atoms with E-state index in [0.29, 0.717) is 19.3 Å². The third-order valence-corrected chi connectivity index (χ3v) is 10.4. The summed E-state index contributed by atoms with van der Waals surface area (Å²) in [6.45, 7) is 6.38. The van der Waals surface area contributed by atoms with Gasteiger partial charge in [-0.15, -0.1) is 0 Å². The number of carbonyl (C=O) groups is 3. The first-order valence-electron chi connectivity index (χ1n) is 25.3. The maximum atomic E-state index is 12.8. The zero-order chi connectivity index (χ0) is 45.1. The Morgan fingerprint density at radius 3 is 1.21 bits per heavy atom. The summed E-state index contributed by atoms with van der Waals surface area (Å²) in [7, 11) is 0. The number of allylic oxidation sites excluding steroid dienone is 16. The molecule has 0 aliphatic rings. The van der Waals surface area contributed by atoms with Gasteiger partial charge in [-0.3, -0.25) is 14.4 Å². The second-order valence-corrected chi connectivity index (χ2v) is 16.4. The highest BCUT2D eigenvalue weighted by molar-refractivity contribution is 5.71. The van der Waals surface area contributed by atoms with Crippen LogP contribution in [0.2, 0.25) is 0 Å². The van der Waals surface area contributed by atoms with Crippen molar-refractivity contribution in [1.29, 1.82) is 0 Å². The Morgan fingerprint density at radius 2 is 0.710 bits per heavy atom. The third kappa shape index (κ3) is 47.4. The lowest BCUT2D eigenvalue weighted by atomic mass is 10.1. The molecule has 0 aliphatic carbocycles. The van der Waals surface area contributed by atoms with Crippen LogP contribution in [0.25, 0.3) is 0 Å². The minimum absolute atomic E-state index is 0.110. The molecule has 352 valence electrons. The first-order chi connectivity index (χ1) is 30.5. The summed E-state index contributed by atoms with van der Waals surface area (Å²) in [5, 5.41) is 0. The highest BCUT2D eigenvalue weighted by atomic mass is 16.6. The molecule has 6 nitrogen and oxygen atoms in total. The number of carbonyl (C=O) groups excluding carboxylic acids is 3. The van der Waals surface area contributed by atoms with Crippen LogP contribution >= 0.6 is 0 Å². The minimum atomic E-state index is -0.812. The molecule has 0 radical (unpaired) electrons. The molecule has 1 unspecified atom stereocenters. The molecule has 0 saturated carbocycles. The molecule has 0 amide bonds. The maximum Gasteiger partial charge on any atom is 0.306 e. The third-order valence-electron chi connectivity index (χ3n) is 10.4. The quantitative estimate of drug-likeness (QED) is 0.0200. The highest BCUT2D eigenvalue weighted by Crippen LogP contribution is 2.13. The molecule has 62 heavy (non-hydrogen) atoms. The van der Waals surface area contributed by atoms with Crippen molar-refractivity contribution in [3.05, 3.63) is 97.2 Å². The van der Waals surface area contributed by atoms with Crippen LogP contribution in [0.5, 0.6) is 0 Å². The summed E-state index contributed by atoms with van der Waals surface area (Å²) in [5.41, 5.74) is 0. The van der Waals surface area contributed by atoms with E-state index in [0.717, 1.165) is 103 Å². The van der Waals surface area contributed by atoms with E-state index in [1.807, 2.05) is 0 Å². The maximum absolute atomic E-state index is 12.8. The molecule has 0 saturated heterocycles. The SMILES string of the molecule is CC/C=C\C/C=C\C/C=C\CCCC(=O)OCC(COC(=O)CCCCCCC\C=C/C=C\C=C/CCCCCCC)OC(=O)CCCCCCCC/C=C\C=C/CCCCC. The van der Waals surface area contributed by atoms with Crippen LogP contribution in [0.15, 0.2) is 97.2 Å². The predicted molar refractivity (Wildman–Crippen MR) is 265 cm³/mol. The van der Waals surface area contributed by atoms with Crippen molar-refractivity contribution in [2.75, 3.05) is 13.2 Å². The molecule has 0 heterocycles.